The highest BCUT2D eigenvalue weighted by Crippen LogP contribution is 2.06. The molecule has 0 aromatic heterocycles. The lowest BCUT2D eigenvalue weighted by Crippen LogP contribution is -2.37. The van der Waals surface area contributed by atoms with E-state index in [1.54, 1.807) is 20.8 Å². The summed E-state index contributed by atoms with van der Waals surface area (Å²) in [6.45, 7) is 5.41. The Labute approximate surface area is 83.2 Å². The fourth-order valence-electron chi connectivity index (χ4n) is 0.570. The van der Waals surface area contributed by atoms with Crippen LogP contribution in [0.1, 0.15) is 20.8 Å². The summed E-state index contributed by atoms with van der Waals surface area (Å²) in [4.78, 5) is 11.0. The van der Waals surface area contributed by atoms with Gasteiger partial charge in [-0.3, -0.25) is 0 Å². The van der Waals surface area contributed by atoms with Gasteiger partial charge < -0.3 is 15.2 Å². The number of rotatable bonds is 3. The molecule has 0 aliphatic carbocycles. The van der Waals surface area contributed by atoms with Crippen molar-refractivity contribution in [3.63, 3.8) is 0 Å². The number of carbonyl (C=O) groups is 1. The Balaban J connectivity index is 3.64. The molecule has 2 N–H and O–H groups in total. The number of nitrogens with one attached hydrogen (secondary N) is 1. The third-order valence-electron chi connectivity index (χ3n) is 1.06. The molecule has 0 fully saturated rings. The molecule has 0 aromatic rings. The van der Waals surface area contributed by atoms with Crippen molar-refractivity contribution in [1.29, 1.82) is 0 Å². The molecule has 5 heteroatoms. The molecular weight excluding hydrogens is 194 g/mol. The van der Waals surface area contributed by atoms with E-state index >= 15 is 0 Å². The maximum atomic E-state index is 11.0. The smallest absolute Gasteiger partial charge is 0.407 e. The van der Waals surface area contributed by atoms with Gasteiger partial charge in [0.15, 0.2) is 0 Å². The maximum Gasteiger partial charge on any atom is 0.407 e. The number of carbonyl (C=O) groups excluding carboxylic acids is 1. The average Bonchev–Trinajstić information content (AvgIpc) is 1.97. The monoisotopic (exact) mass is 209 g/mol. The summed E-state index contributed by atoms with van der Waals surface area (Å²) in [7, 11) is 0. The van der Waals surface area contributed by atoms with Crippen molar-refractivity contribution in [3.05, 3.63) is 0 Å². The maximum absolute atomic E-state index is 11.0. The number of aliphatic hydroxyl groups is 1. The molecule has 0 spiro atoms. The normalized spacial score (nSPS) is 13.6. The van der Waals surface area contributed by atoms with E-state index in [1.165, 1.54) is 0 Å². The minimum Gasteiger partial charge on any atom is -0.444 e. The second-order valence-corrected chi connectivity index (χ2v) is 4.00. The molecule has 0 rings (SSSR count). The molecule has 0 unspecified atom stereocenters. The topological polar surface area (TPSA) is 58.6 Å². The van der Waals surface area contributed by atoms with E-state index in [2.05, 4.69) is 5.32 Å². The molecule has 1 amide bonds. The van der Waals surface area contributed by atoms with Gasteiger partial charge in [-0.05, 0) is 20.8 Å². The summed E-state index contributed by atoms with van der Waals surface area (Å²) in [5, 5.41) is 11.4. The zero-order valence-electron chi connectivity index (χ0n) is 8.13. The van der Waals surface area contributed by atoms with Gasteiger partial charge in [-0.15, -0.1) is 11.6 Å². The molecule has 4 nitrogen and oxygen atoms in total. The lowest BCUT2D eigenvalue weighted by atomic mass is 10.2. The lowest BCUT2D eigenvalue weighted by molar-refractivity contribution is 0.0499. The van der Waals surface area contributed by atoms with E-state index in [4.69, 9.17) is 21.4 Å². The Morgan fingerprint density at radius 1 is 1.62 bits per heavy atom. The first-order valence-electron chi connectivity index (χ1n) is 4.06. The summed E-state index contributed by atoms with van der Waals surface area (Å²) in [6, 6.07) is 0. The molecule has 78 valence electrons. The van der Waals surface area contributed by atoms with Crippen LogP contribution in [0.2, 0.25) is 0 Å². The van der Waals surface area contributed by atoms with Gasteiger partial charge in [0.05, 0.1) is 12.0 Å². The summed E-state index contributed by atoms with van der Waals surface area (Å²) < 4.78 is 4.93. The zero-order valence-corrected chi connectivity index (χ0v) is 8.89. The summed E-state index contributed by atoms with van der Waals surface area (Å²) in [5.74, 6) is 0.0931. The summed E-state index contributed by atoms with van der Waals surface area (Å²) >= 11 is 5.33. The van der Waals surface area contributed by atoms with Crippen molar-refractivity contribution in [2.24, 2.45) is 0 Å². The van der Waals surface area contributed by atoms with E-state index in [0.29, 0.717) is 0 Å². The number of alkyl carbamates (subject to hydrolysis) is 1. The predicted molar refractivity (Wildman–Crippen MR) is 51.0 cm³/mol. The largest absolute Gasteiger partial charge is 0.444 e. The fraction of sp³-hybridized carbons (Fsp3) is 0.875. The molecule has 0 radical (unpaired) electrons. The van der Waals surface area contributed by atoms with Crippen LogP contribution in [0, 0.1) is 0 Å². The van der Waals surface area contributed by atoms with Crippen LogP contribution in [0.25, 0.3) is 0 Å². The van der Waals surface area contributed by atoms with Crippen molar-refractivity contribution >= 4 is 17.7 Å². The molecule has 1 atom stereocenters. The zero-order chi connectivity index (χ0) is 10.5. The molecule has 0 aliphatic rings. The van der Waals surface area contributed by atoms with Crippen molar-refractivity contribution in [2.45, 2.75) is 32.5 Å². The van der Waals surface area contributed by atoms with Crippen LogP contribution in [-0.2, 0) is 4.74 Å². The van der Waals surface area contributed by atoms with Gasteiger partial charge in [0, 0.05) is 6.54 Å². The molecule has 0 saturated carbocycles. The number of hydrogen-bond donors (Lipinski definition) is 2. The van der Waals surface area contributed by atoms with E-state index in [1.807, 2.05) is 0 Å². The van der Waals surface area contributed by atoms with Gasteiger partial charge in [0.25, 0.3) is 0 Å². The van der Waals surface area contributed by atoms with Gasteiger partial charge in [-0.25, -0.2) is 4.79 Å². The standard InChI is InChI=1S/C8H16ClNO3/c1-8(2,3)13-7(12)10-5-6(11)4-9/h6,11H,4-5H2,1-3H3,(H,10,12)/t6-/m0/s1. The highest BCUT2D eigenvalue weighted by molar-refractivity contribution is 6.18. The fourth-order valence-corrected chi connectivity index (χ4v) is 0.679. The van der Waals surface area contributed by atoms with Crippen LogP contribution in [0.3, 0.4) is 0 Å². The minimum absolute atomic E-state index is 0.0931. The molecule has 0 aliphatic heterocycles. The highest BCUT2D eigenvalue weighted by atomic mass is 35.5. The van der Waals surface area contributed by atoms with Gasteiger partial charge in [0.1, 0.15) is 5.60 Å². The SMILES string of the molecule is CC(C)(C)OC(=O)NC[C@@H](O)CCl. The van der Waals surface area contributed by atoms with Gasteiger partial charge in [-0.2, -0.15) is 0 Å². The molecule has 0 bridgehead atoms. The molecule has 0 saturated heterocycles. The first-order chi connectivity index (χ1) is 5.85. The van der Waals surface area contributed by atoms with Crippen LogP contribution in [0.15, 0.2) is 0 Å². The second-order valence-electron chi connectivity index (χ2n) is 3.69. The van der Waals surface area contributed by atoms with Crippen LogP contribution in [0.4, 0.5) is 4.79 Å². The van der Waals surface area contributed by atoms with E-state index in [0.717, 1.165) is 0 Å². The molecule has 13 heavy (non-hydrogen) atoms. The third kappa shape index (κ3) is 7.87. The van der Waals surface area contributed by atoms with Gasteiger partial charge in [-0.1, -0.05) is 0 Å². The summed E-state index contributed by atoms with van der Waals surface area (Å²) in [5.41, 5.74) is -0.518. The Bertz CT molecular complexity index is 167. The van der Waals surface area contributed by atoms with E-state index in [-0.39, 0.29) is 12.4 Å². The first kappa shape index (κ1) is 12.5. The van der Waals surface area contributed by atoms with Crippen LogP contribution >= 0.6 is 11.6 Å². The Morgan fingerprint density at radius 3 is 2.54 bits per heavy atom. The number of halogens is 1. The number of alkyl halides is 1. The number of ether oxygens (including phenoxy) is 1. The third-order valence-corrected chi connectivity index (χ3v) is 1.42. The first-order valence-corrected chi connectivity index (χ1v) is 4.59. The number of amides is 1. The lowest BCUT2D eigenvalue weighted by Gasteiger charge is -2.20. The van der Waals surface area contributed by atoms with Crippen LogP contribution < -0.4 is 5.32 Å². The van der Waals surface area contributed by atoms with Crippen molar-refractivity contribution < 1.29 is 14.6 Å². The molecule has 0 aromatic carbocycles. The number of aliphatic hydroxyl groups excluding tert-OH is 1. The van der Waals surface area contributed by atoms with Gasteiger partial charge in [0.2, 0.25) is 0 Å². The Kier molecular flexibility index (Phi) is 5.10. The minimum atomic E-state index is -0.728. The van der Waals surface area contributed by atoms with Crippen molar-refractivity contribution in [1.82, 2.24) is 5.32 Å². The van der Waals surface area contributed by atoms with Crippen molar-refractivity contribution in [2.75, 3.05) is 12.4 Å². The highest BCUT2D eigenvalue weighted by Gasteiger charge is 2.16. The average molecular weight is 210 g/mol. The Morgan fingerprint density at radius 2 is 2.15 bits per heavy atom. The predicted octanol–water partition coefficient (Wildman–Crippen LogP) is 1.11. The Hall–Kier alpha value is -0.480. The molecule has 0 heterocycles. The van der Waals surface area contributed by atoms with Gasteiger partial charge >= 0.3 is 6.09 Å². The second kappa shape index (κ2) is 5.29. The number of hydrogen-bond acceptors (Lipinski definition) is 3. The van der Waals surface area contributed by atoms with Crippen LogP contribution in [0.5, 0.6) is 0 Å². The summed E-state index contributed by atoms with van der Waals surface area (Å²) in [6.07, 6.45) is -1.27. The van der Waals surface area contributed by atoms with E-state index in [9.17, 15) is 4.79 Å². The quantitative estimate of drug-likeness (QED) is 0.685. The van der Waals surface area contributed by atoms with Crippen LogP contribution in [-0.4, -0.2) is 35.3 Å². The van der Waals surface area contributed by atoms with Crippen molar-refractivity contribution in [3.8, 4) is 0 Å². The van der Waals surface area contributed by atoms with E-state index < -0.39 is 17.8 Å². The molecular formula is C8H16ClNO3.